The summed E-state index contributed by atoms with van der Waals surface area (Å²) in [4.78, 5) is 2.32. The van der Waals surface area contributed by atoms with Gasteiger partial charge in [0.1, 0.15) is 11.2 Å². The van der Waals surface area contributed by atoms with Crippen LogP contribution in [0, 0.1) is 0 Å². The van der Waals surface area contributed by atoms with Crippen LogP contribution in [0.25, 0.3) is 71.7 Å². The van der Waals surface area contributed by atoms with E-state index >= 15 is 0 Å². The molecule has 0 atom stereocenters. The Morgan fingerprint density at radius 1 is 0.509 bits per heavy atom. The van der Waals surface area contributed by atoms with Crippen molar-refractivity contribution in [2.45, 2.75) is 6.92 Å². The Morgan fingerprint density at radius 3 is 1.82 bits per heavy atom. The molecule has 9 aromatic rings. The minimum atomic E-state index is 0.902. The van der Waals surface area contributed by atoms with Gasteiger partial charge in [-0.15, -0.1) is 0 Å². The average molecular weight is 706 g/mol. The van der Waals surface area contributed by atoms with Crippen molar-refractivity contribution in [1.29, 1.82) is 0 Å². The van der Waals surface area contributed by atoms with E-state index in [4.69, 9.17) is 4.42 Å². The van der Waals surface area contributed by atoms with Crippen molar-refractivity contribution in [3.8, 4) is 33.4 Å². The molecule has 262 valence electrons. The van der Waals surface area contributed by atoms with Gasteiger partial charge in [-0.05, 0) is 99.1 Å². The third-order valence-corrected chi connectivity index (χ3v) is 10.4. The average Bonchev–Trinajstić information content (AvgIpc) is 3.64. The molecule has 0 N–H and O–H groups in total. The minimum Gasteiger partial charge on any atom is -0.455 e. The summed E-state index contributed by atoms with van der Waals surface area (Å²) >= 11 is 0. The van der Waals surface area contributed by atoms with Gasteiger partial charge in [0.15, 0.2) is 0 Å². The maximum atomic E-state index is 6.39. The van der Waals surface area contributed by atoms with Gasteiger partial charge < -0.3 is 9.32 Å². The van der Waals surface area contributed by atoms with E-state index in [2.05, 4.69) is 193 Å². The molecule has 0 saturated heterocycles. The number of allylic oxidation sites excluding steroid dienone is 5. The molecule has 0 unspecified atom stereocenters. The fourth-order valence-corrected chi connectivity index (χ4v) is 7.64. The lowest BCUT2D eigenvalue weighted by Crippen LogP contribution is -2.10. The van der Waals surface area contributed by atoms with Crippen molar-refractivity contribution in [2.24, 2.45) is 0 Å². The molecular weight excluding hydrogens is 667 g/mol. The van der Waals surface area contributed by atoms with Gasteiger partial charge in [-0.3, -0.25) is 0 Å². The fourth-order valence-electron chi connectivity index (χ4n) is 7.64. The Kier molecular flexibility index (Phi) is 8.99. The molecule has 2 nitrogen and oxygen atoms in total. The van der Waals surface area contributed by atoms with Crippen LogP contribution in [0.4, 0.5) is 17.1 Å². The van der Waals surface area contributed by atoms with E-state index in [9.17, 15) is 0 Å². The van der Waals surface area contributed by atoms with Gasteiger partial charge in [-0.25, -0.2) is 0 Å². The van der Waals surface area contributed by atoms with E-state index in [1.54, 1.807) is 0 Å². The molecule has 0 spiro atoms. The zero-order valence-electron chi connectivity index (χ0n) is 30.7. The second-order valence-electron chi connectivity index (χ2n) is 13.7. The molecule has 1 aromatic heterocycles. The highest BCUT2D eigenvalue weighted by atomic mass is 16.3. The second kappa shape index (κ2) is 14.7. The van der Waals surface area contributed by atoms with Crippen molar-refractivity contribution < 1.29 is 4.42 Å². The fraction of sp³-hybridized carbons (Fsp3) is 0.0189. The number of rotatable bonds is 9. The summed E-state index contributed by atoms with van der Waals surface area (Å²) in [6.07, 6.45) is 8.10. The summed E-state index contributed by atoms with van der Waals surface area (Å²) in [5.41, 5.74) is 14.2. The van der Waals surface area contributed by atoms with E-state index in [0.29, 0.717) is 0 Å². The number of benzene rings is 8. The molecular formula is C53H39NO. The van der Waals surface area contributed by atoms with Gasteiger partial charge in [0.05, 0.1) is 0 Å². The van der Waals surface area contributed by atoms with Crippen LogP contribution in [-0.2, 0) is 0 Å². The highest BCUT2D eigenvalue weighted by molar-refractivity contribution is 6.09. The Hall–Kier alpha value is -7.16. The Labute approximate surface area is 322 Å². The zero-order chi connectivity index (χ0) is 37.1. The van der Waals surface area contributed by atoms with Crippen LogP contribution in [0.15, 0.2) is 217 Å². The van der Waals surface area contributed by atoms with Gasteiger partial charge >= 0.3 is 0 Å². The van der Waals surface area contributed by atoms with Crippen LogP contribution in [0.2, 0.25) is 0 Å². The first-order valence-electron chi connectivity index (χ1n) is 18.7. The number of nitrogens with zero attached hydrogens (tertiary/aromatic N) is 1. The summed E-state index contributed by atoms with van der Waals surface area (Å²) in [6, 6.07) is 65.0. The summed E-state index contributed by atoms with van der Waals surface area (Å²) in [7, 11) is 0. The van der Waals surface area contributed by atoms with Crippen LogP contribution in [0.1, 0.15) is 12.5 Å². The maximum absolute atomic E-state index is 6.39. The van der Waals surface area contributed by atoms with Gasteiger partial charge in [-0.1, -0.05) is 170 Å². The second-order valence-corrected chi connectivity index (χ2v) is 13.7. The van der Waals surface area contributed by atoms with Crippen molar-refractivity contribution in [1.82, 2.24) is 0 Å². The monoisotopic (exact) mass is 705 g/mol. The molecule has 9 rings (SSSR count). The number of hydrogen-bond acceptors (Lipinski definition) is 2. The molecule has 0 bridgehead atoms. The number of hydrogen-bond donors (Lipinski definition) is 0. The Balaban J connectivity index is 1.08. The molecule has 0 amide bonds. The lowest BCUT2D eigenvalue weighted by atomic mass is 9.96. The Bertz CT molecular complexity index is 2870. The minimum absolute atomic E-state index is 0.902. The first kappa shape index (κ1) is 33.7. The Morgan fingerprint density at radius 2 is 1.07 bits per heavy atom. The first-order chi connectivity index (χ1) is 27.2. The smallest absolute Gasteiger partial charge is 0.143 e. The highest BCUT2D eigenvalue weighted by Gasteiger charge is 2.16. The molecule has 1 heterocycles. The van der Waals surface area contributed by atoms with Crippen LogP contribution >= 0.6 is 0 Å². The number of para-hydroxylation sites is 2. The SMILES string of the molecule is C=C/C(=C\C=C/C)c1cccc(N(c2ccc(-c3ccc(-c4cccc5ccccc45)cc3)cc2)c2ccc(-c3cccc4c3oc3ccccc34)cc2)c1. The van der Waals surface area contributed by atoms with Crippen LogP contribution in [0.3, 0.4) is 0 Å². The van der Waals surface area contributed by atoms with Crippen molar-refractivity contribution >= 4 is 55.3 Å². The van der Waals surface area contributed by atoms with Crippen molar-refractivity contribution in [2.75, 3.05) is 4.90 Å². The quantitative estimate of drug-likeness (QED) is 0.139. The van der Waals surface area contributed by atoms with Gasteiger partial charge in [0.25, 0.3) is 0 Å². The summed E-state index contributed by atoms with van der Waals surface area (Å²) in [5, 5.41) is 4.78. The van der Waals surface area contributed by atoms with Gasteiger partial charge in [0.2, 0.25) is 0 Å². The van der Waals surface area contributed by atoms with E-state index in [1.165, 1.54) is 33.0 Å². The predicted molar refractivity (Wildman–Crippen MR) is 235 cm³/mol. The molecule has 8 aromatic carbocycles. The lowest BCUT2D eigenvalue weighted by Gasteiger charge is -2.26. The highest BCUT2D eigenvalue weighted by Crippen LogP contribution is 2.40. The molecule has 0 fully saturated rings. The lowest BCUT2D eigenvalue weighted by molar-refractivity contribution is 0.670. The predicted octanol–water partition coefficient (Wildman–Crippen LogP) is 15.4. The zero-order valence-corrected chi connectivity index (χ0v) is 30.7. The van der Waals surface area contributed by atoms with Crippen LogP contribution in [0.5, 0.6) is 0 Å². The van der Waals surface area contributed by atoms with E-state index < -0.39 is 0 Å². The van der Waals surface area contributed by atoms with Crippen molar-refractivity contribution in [3.63, 3.8) is 0 Å². The molecule has 0 aliphatic heterocycles. The summed E-state index contributed by atoms with van der Waals surface area (Å²) in [6.45, 7) is 6.13. The van der Waals surface area contributed by atoms with Gasteiger partial charge in [0, 0.05) is 33.4 Å². The number of fused-ring (bicyclic) bond motifs is 4. The first-order valence-corrected chi connectivity index (χ1v) is 18.7. The maximum Gasteiger partial charge on any atom is 0.143 e. The summed E-state index contributed by atoms with van der Waals surface area (Å²) in [5.74, 6) is 0. The van der Waals surface area contributed by atoms with E-state index in [1.807, 2.05) is 31.2 Å². The molecule has 2 heteroatoms. The van der Waals surface area contributed by atoms with Gasteiger partial charge in [-0.2, -0.15) is 0 Å². The third kappa shape index (κ3) is 6.45. The van der Waals surface area contributed by atoms with Crippen LogP contribution < -0.4 is 4.90 Å². The summed E-state index contributed by atoms with van der Waals surface area (Å²) < 4.78 is 6.39. The molecule has 0 aliphatic carbocycles. The molecule has 0 saturated carbocycles. The molecule has 0 aliphatic rings. The largest absolute Gasteiger partial charge is 0.455 e. The normalized spacial score (nSPS) is 11.8. The van der Waals surface area contributed by atoms with Crippen molar-refractivity contribution in [3.05, 3.63) is 218 Å². The van der Waals surface area contributed by atoms with E-state index in [0.717, 1.165) is 61.3 Å². The number of furan rings is 1. The molecule has 0 radical (unpaired) electrons. The van der Waals surface area contributed by atoms with Crippen LogP contribution in [-0.4, -0.2) is 0 Å². The van der Waals surface area contributed by atoms with E-state index in [-0.39, 0.29) is 0 Å². The standard InChI is InChI=1S/C53H39NO/c1-3-5-13-37(4-2)43-16-10-17-46(36-43)54(45-34-30-42(31-35-45)49-21-12-22-51-50-19-8-9-23-52(50)55-53(49)51)44-32-28-39(29-33-44)38-24-26-41(27-25-38)48-20-11-15-40-14-6-7-18-47(40)48/h3-36H,2H2,1H3/b5-3-,37-13+. The topological polar surface area (TPSA) is 16.4 Å². The third-order valence-electron chi connectivity index (χ3n) is 10.4. The number of anilines is 3. The molecule has 55 heavy (non-hydrogen) atoms.